The van der Waals surface area contributed by atoms with E-state index in [2.05, 4.69) is 5.16 Å². The van der Waals surface area contributed by atoms with Gasteiger partial charge in [0, 0.05) is 12.1 Å². The number of nitrogens with zero attached hydrogens (tertiary/aromatic N) is 2. The molecule has 1 aliphatic heterocycles. The fourth-order valence-corrected chi connectivity index (χ4v) is 3.92. The second kappa shape index (κ2) is 9.32. The van der Waals surface area contributed by atoms with Gasteiger partial charge in [0.1, 0.15) is 18.1 Å². The molecule has 0 spiro atoms. The number of aromatic nitrogens is 1. The normalized spacial score (nSPS) is 20.0. The largest absolute Gasteiger partial charge is 0.489 e. The number of hydrogen-bond acceptors (Lipinski definition) is 6. The van der Waals surface area contributed by atoms with Crippen LogP contribution in [0.4, 0.5) is 0 Å². The zero-order valence-corrected chi connectivity index (χ0v) is 18.3. The fraction of sp³-hybridized carbons (Fsp3) is 0.522. The van der Waals surface area contributed by atoms with Gasteiger partial charge in [0.15, 0.2) is 6.10 Å². The summed E-state index contributed by atoms with van der Waals surface area (Å²) in [6, 6.07) is 7.06. The van der Waals surface area contributed by atoms with Crippen LogP contribution < -0.4 is 4.74 Å². The van der Waals surface area contributed by atoms with Crippen molar-refractivity contribution >= 4 is 11.9 Å². The average molecular weight is 415 g/mol. The van der Waals surface area contributed by atoms with Crippen LogP contribution in [-0.4, -0.2) is 40.1 Å². The second-order valence-electron chi connectivity index (χ2n) is 8.04. The van der Waals surface area contributed by atoms with Crippen molar-refractivity contribution in [1.82, 2.24) is 10.1 Å². The third-order valence-electron chi connectivity index (χ3n) is 5.71. The lowest BCUT2D eigenvalue weighted by molar-refractivity contribution is -0.146. The maximum Gasteiger partial charge on any atom is 0.339 e. The molecule has 2 aromatic rings. The predicted octanol–water partition coefficient (Wildman–Crippen LogP) is 4.21. The van der Waals surface area contributed by atoms with E-state index in [9.17, 15) is 9.59 Å². The third-order valence-corrected chi connectivity index (χ3v) is 5.71. The molecule has 1 aromatic heterocycles. The van der Waals surface area contributed by atoms with E-state index in [1.807, 2.05) is 32.6 Å². The summed E-state index contributed by atoms with van der Waals surface area (Å²) in [6.45, 7) is 9.69. The highest BCUT2D eigenvalue weighted by Crippen LogP contribution is 2.24. The lowest BCUT2D eigenvalue weighted by Crippen LogP contribution is -2.51. The molecule has 2 heterocycles. The molecule has 0 bridgehead atoms. The number of rotatable bonds is 6. The number of amides is 1. The minimum absolute atomic E-state index is 0.145. The third kappa shape index (κ3) is 4.83. The topological polar surface area (TPSA) is 81.9 Å². The van der Waals surface area contributed by atoms with Crippen LogP contribution in [0.15, 0.2) is 28.8 Å². The van der Waals surface area contributed by atoms with Crippen LogP contribution in [0.1, 0.15) is 67.4 Å². The van der Waals surface area contributed by atoms with E-state index < -0.39 is 12.1 Å². The first-order chi connectivity index (χ1) is 14.3. The van der Waals surface area contributed by atoms with Crippen molar-refractivity contribution in [2.45, 2.75) is 78.7 Å². The van der Waals surface area contributed by atoms with Gasteiger partial charge in [0.2, 0.25) is 0 Å². The number of hydrogen-bond donors (Lipinski definition) is 0. The van der Waals surface area contributed by atoms with Gasteiger partial charge in [0.25, 0.3) is 5.91 Å². The Kier molecular flexibility index (Phi) is 6.80. The number of carbonyl (C=O) groups excluding carboxylic acids is 2. The minimum Gasteiger partial charge on any atom is -0.489 e. The van der Waals surface area contributed by atoms with Gasteiger partial charge >= 0.3 is 5.97 Å². The molecule has 7 nitrogen and oxygen atoms in total. The summed E-state index contributed by atoms with van der Waals surface area (Å²) in [5, 5.41) is 3.91. The summed E-state index contributed by atoms with van der Waals surface area (Å²) in [5.41, 5.74) is 1.99. The van der Waals surface area contributed by atoms with Crippen LogP contribution in [0.25, 0.3) is 0 Å². The van der Waals surface area contributed by atoms with Gasteiger partial charge in [-0.15, -0.1) is 0 Å². The molecule has 1 aliphatic rings. The Morgan fingerprint density at radius 2 is 1.93 bits per heavy atom. The maximum atomic E-state index is 12.9. The highest BCUT2D eigenvalue weighted by atomic mass is 16.5. The van der Waals surface area contributed by atoms with Crippen LogP contribution in [0, 0.1) is 13.8 Å². The minimum atomic E-state index is -0.840. The maximum absolute atomic E-state index is 12.9. The van der Waals surface area contributed by atoms with Gasteiger partial charge in [0.05, 0.1) is 16.8 Å². The van der Waals surface area contributed by atoms with Crippen LogP contribution in [0.3, 0.4) is 0 Å². The standard InChI is InChI=1S/C23H30N2O5/c1-14-8-6-9-15(2)25(14)22(26)18(5)29-23(27)19-10-7-11-20(12-19)28-13-21-16(3)24-30-17(21)4/h7,10-12,14-15,18H,6,8-9,13H2,1-5H3/t14-,15+,18-/m0/s1. The first-order valence-electron chi connectivity index (χ1n) is 10.5. The van der Waals surface area contributed by atoms with Crippen molar-refractivity contribution in [3.05, 3.63) is 46.8 Å². The summed E-state index contributed by atoms with van der Waals surface area (Å²) in [4.78, 5) is 27.3. The van der Waals surface area contributed by atoms with Gasteiger partial charge in [-0.25, -0.2) is 4.79 Å². The number of carbonyl (C=O) groups is 2. The summed E-state index contributed by atoms with van der Waals surface area (Å²) in [7, 11) is 0. The van der Waals surface area contributed by atoms with Gasteiger partial charge in [-0.2, -0.15) is 0 Å². The molecule has 30 heavy (non-hydrogen) atoms. The molecule has 1 aromatic carbocycles. The van der Waals surface area contributed by atoms with Crippen molar-refractivity contribution in [3.8, 4) is 5.75 Å². The molecule has 162 valence electrons. The Balaban J connectivity index is 1.62. The number of aryl methyl sites for hydroxylation is 2. The van der Waals surface area contributed by atoms with Crippen LogP contribution in [0.2, 0.25) is 0 Å². The zero-order valence-electron chi connectivity index (χ0n) is 18.3. The van der Waals surface area contributed by atoms with E-state index >= 15 is 0 Å². The van der Waals surface area contributed by atoms with Crippen molar-refractivity contribution in [2.75, 3.05) is 0 Å². The van der Waals surface area contributed by atoms with E-state index in [1.54, 1.807) is 31.2 Å². The monoisotopic (exact) mass is 414 g/mol. The Morgan fingerprint density at radius 3 is 2.57 bits per heavy atom. The SMILES string of the molecule is Cc1noc(C)c1COc1cccc(C(=O)O[C@@H](C)C(=O)N2[C@H](C)CCC[C@@H]2C)c1. The molecule has 3 atom stereocenters. The molecular formula is C23H30N2O5. The number of likely N-dealkylation sites (tertiary alicyclic amines) is 1. The van der Waals surface area contributed by atoms with E-state index in [0.717, 1.165) is 30.5 Å². The van der Waals surface area contributed by atoms with Gasteiger partial charge in [-0.3, -0.25) is 4.79 Å². The fourth-order valence-electron chi connectivity index (χ4n) is 3.92. The Bertz CT molecular complexity index is 877. The summed E-state index contributed by atoms with van der Waals surface area (Å²) in [6.07, 6.45) is 2.22. The molecular weight excluding hydrogens is 384 g/mol. The molecule has 7 heteroatoms. The summed E-state index contributed by atoms with van der Waals surface area (Å²) < 4.78 is 16.4. The molecule has 0 N–H and O–H groups in total. The Labute approximate surface area is 177 Å². The molecule has 0 aliphatic carbocycles. The lowest BCUT2D eigenvalue weighted by Gasteiger charge is -2.40. The van der Waals surface area contributed by atoms with Crippen LogP contribution in [-0.2, 0) is 16.1 Å². The lowest BCUT2D eigenvalue weighted by atomic mass is 9.97. The van der Waals surface area contributed by atoms with E-state index in [1.165, 1.54) is 0 Å². The number of benzene rings is 1. The average Bonchev–Trinajstić information content (AvgIpc) is 3.03. The molecule has 1 fully saturated rings. The Morgan fingerprint density at radius 1 is 1.23 bits per heavy atom. The second-order valence-corrected chi connectivity index (χ2v) is 8.04. The van der Waals surface area contributed by atoms with Crippen molar-refractivity contribution < 1.29 is 23.6 Å². The number of piperidine rings is 1. The van der Waals surface area contributed by atoms with Crippen molar-refractivity contribution in [1.29, 1.82) is 0 Å². The van der Waals surface area contributed by atoms with Crippen molar-refractivity contribution in [3.63, 3.8) is 0 Å². The van der Waals surface area contributed by atoms with Gasteiger partial charge in [-0.05, 0) is 72.1 Å². The van der Waals surface area contributed by atoms with E-state index in [0.29, 0.717) is 23.7 Å². The highest BCUT2D eigenvalue weighted by Gasteiger charge is 2.33. The molecule has 0 saturated carbocycles. The molecule has 0 radical (unpaired) electrons. The van der Waals surface area contributed by atoms with Gasteiger partial charge in [-0.1, -0.05) is 11.2 Å². The van der Waals surface area contributed by atoms with E-state index in [4.69, 9.17) is 14.0 Å². The first kappa shape index (κ1) is 21.9. The van der Waals surface area contributed by atoms with Gasteiger partial charge < -0.3 is 18.9 Å². The molecule has 1 amide bonds. The van der Waals surface area contributed by atoms with Crippen LogP contribution >= 0.6 is 0 Å². The molecule has 1 saturated heterocycles. The molecule has 0 unspecified atom stereocenters. The summed E-state index contributed by atoms with van der Waals surface area (Å²) in [5.74, 6) is 0.545. The number of ether oxygens (including phenoxy) is 2. The number of esters is 1. The summed E-state index contributed by atoms with van der Waals surface area (Å²) >= 11 is 0. The smallest absolute Gasteiger partial charge is 0.339 e. The van der Waals surface area contributed by atoms with E-state index in [-0.39, 0.29) is 18.0 Å². The molecule has 3 rings (SSSR count). The van der Waals surface area contributed by atoms with Crippen LogP contribution in [0.5, 0.6) is 5.75 Å². The zero-order chi connectivity index (χ0) is 21.8. The first-order valence-corrected chi connectivity index (χ1v) is 10.5. The Hall–Kier alpha value is -2.83. The van der Waals surface area contributed by atoms with Crippen molar-refractivity contribution in [2.24, 2.45) is 0 Å². The quantitative estimate of drug-likeness (QED) is 0.659. The highest BCUT2D eigenvalue weighted by molar-refractivity contribution is 5.92. The predicted molar refractivity (Wildman–Crippen MR) is 111 cm³/mol.